The van der Waals surface area contributed by atoms with E-state index in [1.54, 1.807) is 4.57 Å². The standard InChI is InChI=1S/C12H15FN4O4S2/c1-8(2)17-6-12(15-7-17)23(20,21)16-10-3-9(13)4-11(5-10)22(14,18)19/h3-8,16H,1-2H3,(H2,14,18,19). The predicted octanol–water partition coefficient (Wildman–Crippen LogP) is 1.05. The van der Waals surface area contributed by atoms with E-state index in [1.165, 1.54) is 12.5 Å². The Morgan fingerprint density at radius 1 is 1.22 bits per heavy atom. The minimum absolute atomic E-state index is 0.00889. The van der Waals surface area contributed by atoms with Crippen molar-refractivity contribution in [1.29, 1.82) is 0 Å². The zero-order valence-electron chi connectivity index (χ0n) is 12.3. The van der Waals surface area contributed by atoms with E-state index >= 15 is 0 Å². The fraction of sp³-hybridized carbons (Fsp3) is 0.250. The summed E-state index contributed by atoms with van der Waals surface area (Å²) in [7, 11) is -8.26. The molecule has 0 spiro atoms. The Labute approximate surface area is 133 Å². The molecule has 11 heteroatoms. The summed E-state index contributed by atoms with van der Waals surface area (Å²) in [5.41, 5.74) is -0.270. The number of anilines is 1. The number of benzene rings is 1. The molecule has 0 aliphatic rings. The largest absolute Gasteiger partial charge is 0.334 e. The second-order valence-electron chi connectivity index (χ2n) is 5.08. The maximum atomic E-state index is 13.5. The molecule has 126 valence electrons. The van der Waals surface area contributed by atoms with Crippen molar-refractivity contribution in [3.8, 4) is 0 Å². The molecule has 1 heterocycles. The van der Waals surface area contributed by atoms with Crippen LogP contribution in [-0.4, -0.2) is 26.4 Å². The second-order valence-corrected chi connectivity index (χ2v) is 8.27. The highest BCUT2D eigenvalue weighted by Crippen LogP contribution is 2.20. The molecule has 0 fully saturated rings. The lowest BCUT2D eigenvalue weighted by Gasteiger charge is -2.08. The molecule has 0 atom stereocenters. The van der Waals surface area contributed by atoms with Crippen molar-refractivity contribution in [3.63, 3.8) is 0 Å². The average Bonchev–Trinajstić information content (AvgIpc) is 2.86. The van der Waals surface area contributed by atoms with Crippen molar-refractivity contribution in [3.05, 3.63) is 36.5 Å². The highest BCUT2D eigenvalue weighted by atomic mass is 32.2. The summed E-state index contributed by atoms with van der Waals surface area (Å²) >= 11 is 0. The van der Waals surface area contributed by atoms with Crippen molar-refractivity contribution in [2.45, 2.75) is 29.8 Å². The van der Waals surface area contributed by atoms with Crippen LogP contribution >= 0.6 is 0 Å². The van der Waals surface area contributed by atoms with Gasteiger partial charge in [-0.2, -0.15) is 8.42 Å². The molecule has 0 bridgehead atoms. The van der Waals surface area contributed by atoms with Gasteiger partial charge in [0.15, 0.2) is 5.03 Å². The number of hydrogen-bond donors (Lipinski definition) is 2. The molecule has 2 rings (SSSR count). The summed E-state index contributed by atoms with van der Waals surface area (Å²) in [5, 5.41) is 4.65. The molecule has 0 aliphatic carbocycles. The van der Waals surface area contributed by atoms with Crippen LogP contribution in [0.15, 0.2) is 40.6 Å². The Morgan fingerprint density at radius 3 is 2.39 bits per heavy atom. The Balaban J connectivity index is 2.39. The molecule has 0 radical (unpaired) electrons. The van der Waals surface area contributed by atoms with Gasteiger partial charge in [-0.1, -0.05) is 0 Å². The summed E-state index contributed by atoms with van der Waals surface area (Å²) in [6, 6.07) is 2.47. The summed E-state index contributed by atoms with van der Waals surface area (Å²) in [4.78, 5) is 3.24. The molecule has 0 saturated carbocycles. The SMILES string of the molecule is CC(C)n1cnc(S(=O)(=O)Nc2cc(F)cc(S(N)(=O)=O)c2)c1. The first-order valence-corrected chi connectivity index (χ1v) is 9.42. The van der Waals surface area contributed by atoms with Crippen molar-refractivity contribution < 1.29 is 21.2 Å². The number of sulfonamides is 2. The van der Waals surface area contributed by atoms with Crippen LogP contribution in [0.5, 0.6) is 0 Å². The zero-order chi connectivity index (χ0) is 17.4. The van der Waals surface area contributed by atoms with Crippen LogP contribution in [-0.2, 0) is 20.0 Å². The average molecular weight is 362 g/mol. The lowest BCUT2D eigenvalue weighted by atomic mass is 10.3. The van der Waals surface area contributed by atoms with Gasteiger partial charge in [-0.3, -0.25) is 4.72 Å². The van der Waals surface area contributed by atoms with Crippen molar-refractivity contribution in [2.75, 3.05) is 4.72 Å². The van der Waals surface area contributed by atoms with Gasteiger partial charge in [0, 0.05) is 12.2 Å². The normalized spacial score (nSPS) is 12.6. The quantitative estimate of drug-likeness (QED) is 0.823. The van der Waals surface area contributed by atoms with Crippen molar-refractivity contribution in [1.82, 2.24) is 9.55 Å². The lowest BCUT2D eigenvalue weighted by molar-refractivity contribution is 0.589. The highest BCUT2D eigenvalue weighted by molar-refractivity contribution is 7.92. The van der Waals surface area contributed by atoms with Gasteiger partial charge in [0.1, 0.15) is 5.82 Å². The van der Waals surface area contributed by atoms with Crippen LogP contribution in [0.2, 0.25) is 0 Å². The van der Waals surface area contributed by atoms with E-state index in [4.69, 9.17) is 5.14 Å². The number of hydrogen-bond acceptors (Lipinski definition) is 5. The van der Waals surface area contributed by atoms with E-state index in [1.807, 2.05) is 13.8 Å². The number of nitrogens with one attached hydrogen (secondary N) is 1. The molecule has 23 heavy (non-hydrogen) atoms. The van der Waals surface area contributed by atoms with Gasteiger partial charge in [-0.15, -0.1) is 0 Å². The first-order valence-electron chi connectivity index (χ1n) is 6.39. The van der Waals surface area contributed by atoms with Gasteiger partial charge in [0.25, 0.3) is 10.0 Å². The number of aromatic nitrogens is 2. The topological polar surface area (TPSA) is 124 Å². The van der Waals surface area contributed by atoms with E-state index < -0.39 is 30.8 Å². The minimum atomic E-state index is -4.17. The number of nitrogens with zero attached hydrogens (tertiary/aromatic N) is 2. The van der Waals surface area contributed by atoms with Crippen LogP contribution in [0.4, 0.5) is 10.1 Å². The maximum Gasteiger partial charge on any atom is 0.280 e. The van der Waals surface area contributed by atoms with Crippen LogP contribution in [0.1, 0.15) is 19.9 Å². The lowest BCUT2D eigenvalue weighted by Crippen LogP contribution is -2.16. The third-order valence-electron chi connectivity index (χ3n) is 2.90. The maximum absolute atomic E-state index is 13.5. The van der Waals surface area contributed by atoms with Gasteiger partial charge in [0.2, 0.25) is 10.0 Å². The second kappa shape index (κ2) is 5.91. The van der Waals surface area contributed by atoms with Gasteiger partial charge in [0.05, 0.1) is 16.9 Å². The zero-order valence-corrected chi connectivity index (χ0v) is 13.9. The minimum Gasteiger partial charge on any atom is -0.334 e. The Morgan fingerprint density at radius 2 is 1.87 bits per heavy atom. The summed E-state index contributed by atoms with van der Waals surface area (Å²) in [6.45, 7) is 3.69. The fourth-order valence-corrected chi connectivity index (χ4v) is 3.28. The molecule has 0 amide bonds. The molecule has 2 aromatic rings. The van der Waals surface area contributed by atoms with E-state index in [-0.39, 0.29) is 16.8 Å². The van der Waals surface area contributed by atoms with Crippen LogP contribution < -0.4 is 9.86 Å². The first-order chi connectivity index (χ1) is 10.5. The molecule has 8 nitrogen and oxygen atoms in total. The fourth-order valence-electron chi connectivity index (χ4n) is 1.73. The molecule has 3 N–H and O–H groups in total. The smallest absolute Gasteiger partial charge is 0.280 e. The third-order valence-corrected chi connectivity index (χ3v) is 5.06. The van der Waals surface area contributed by atoms with Crippen molar-refractivity contribution >= 4 is 25.7 Å². The molecule has 0 unspecified atom stereocenters. The van der Waals surface area contributed by atoms with E-state index in [0.717, 1.165) is 12.1 Å². The van der Waals surface area contributed by atoms with Crippen LogP contribution in [0.25, 0.3) is 0 Å². The first kappa shape index (κ1) is 17.4. The molecule has 1 aromatic carbocycles. The van der Waals surface area contributed by atoms with E-state index in [9.17, 15) is 21.2 Å². The predicted molar refractivity (Wildman–Crippen MR) is 81.2 cm³/mol. The van der Waals surface area contributed by atoms with E-state index in [2.05, 4.69) is 9.71 Å². The summed E-state index contributed by atoms with van der Waals surface area (Å²) in [6.07, 6.45) is 2.66. The van der Waals surface area contributed by atoms with Crippen LogP contribution in [0.3, 0.4) is 0 Å². The van der Waals surface area contributed by atoms with Crippen LogP contribution in [0, 0.1) is 5.82 Å². The summed E-state index contributed by atoms with van der Waals surface area (Å²) in [5.74, 6) is -0.943. The number of rotatable bonds is 5. The van der Waals surface area contributed by atoms with Gasteiger partial charge < -0.3 is 4.57 Å². The Bertz CT molecular complexity index is 936. The highest BCUT2D eigenvalue weighted by Gasteiger charge is 2.20. The van der Waals surface area contributed by atoms with Gasteiger partial charge >= 0.3 is 0 Å². The number of nitrogens with two attached hydrogens (primary N) is 1. The monoisotopic (exact) mass is 362 g/mol. The number of imidazole rings is 1. The molecule has 0 aliphatic heterocycles. The number of primary sulfonamides is 1. The Hall–Kier alpha value is -1.98. The molecular weight excluding hydrogens is 347 g/mol. The van der Waals surface area contributed by atoms with E-state index in [0.29, 0.717) is 6.07 Å². The molecule has 1 aromatic heterocycles. The van der Waals surface area contributed by atoms with Crippen molar-refractivity contribution in [2.24, 2.45) is 5.14 Å². The summed E-state index contributed by atoms with van der Waals surface area (Å²) < 4.78 is 64.1. The Kier molecular flexibility index (Phi) is 4.46. The third kappa shape index (κ3) is 4.06. The molecular formula is C12H15FN4O4S2. The van der Waals surface area contributed by atoms with Gasteiger partial charge in [-0.05, 0) is 32.0 Å². The number of halogens is 1. The van der Waals surface area contributed by atoms with Gasteiger partial charge in [-0.25, -0.2) is 22.9 Å². The molecule has 0 saturated heterocycles.